The lowest BCUT2D eigenvalue weighted by molar-refractivity contribution is 0.553. The monoisotopic (exact) mass is 433 g/mol. The average Bonchev–Trinajstić information content (AvgIpc) is 3.25. The van der Waals surface area contributed by atoms with Crippen molar-refractivity contribution < 1.29 is 12.8 Å². The highest BCUT2D eigenvalue weighted by Crippen LogP contribution is 2.29. The smallest absolute Gasteiger partial charge is 0.261 e. The van der Waals surface area contributed by atoms with E-state index in [1.165, 1.54) is 30.3 Å². The van der Waals surface area contributed by atoms with Crippen molar-refractivity contribution in [2.24, 2.45) is 0 Å². The van der Waals surface area contributed by atoms with Gasteiger partial charge >= 0.3 is 0 Å². The van der Waals surface area contributed by atoms with Crippen LogP contribution in [0.4, 0.5) is 10.1 Å². The molecule has 1 fully saturated rings. The van der Waals surface area contributed by atoms with Gasteiger partial charge in [0, 0.05) is 10.6 Å². The number of anilines is 1. The zero-order chi connectivity index (χ0) is 20.4. The van der Waals surface area contributed by atoms with Crippen molar-refractivity contribution in [1.82, 2.24) is 21.9 Å². The van der Waals surface area contributed by atoms with Crippen LogP contribution in [0, 0.1) is 5.82 Å². The molecule has 5 N–H and O–H groups in total. The van der Waals surface area contributed by atoms with E-state index in [-0.39, 0.29) is 10.6 Å². The summed E-state index contributed by atoms with van der Waals surface area (Å²) < 4.78 is 42.4. The summed E-state index contributed by atoms with van der Waals surface area (Å²) in [5.74, 6) is -0.671. The van der Waals surface area contributed by atoms with Crippen LogP contribution in [0.25, 0.3) is 11.1 Å². The van der Waals surface area contributed by atoms with Crippen molar-refractivity contribution in [1.29, 1.82) is 0 Å². The molecule has 0 saturated carbocycles. The molecule has 150 valence electrons. The van der Waals surface area contributed by atoms with Crippen LogP contribution in [-0.4, -0.2) is 8.42 Å². The first-order valence-electron chi connectivity index (χ1n) is 8.62. The lowest BCUT2D eigenvalue weighted by Crippen LogP contribution is -2.33. The SMILES string of the molecule is O=S(=O)(Nc1cc(-c2ccccc2)ccc1F)c1ccc(Cl)c(C2NNNN2)c1. The number of sulfonamides is 1. The van der Waals surface area contributed by atoms with Gasteiger partial charge in [0.05, 0.1) is 10.6 Å². The maximum atomic E-state index is 14.3. The van der Waals surface area contributed by atoms with Gasteiger partial charge in [0.15, 0.2) is 0 Å². The Bertz CT molecular complexity index is 1140. The van der Waals surface area contributed by atoms with Crippen LogP contribution in [0.1, 0.15) is 11.7 Å². The van der Waals surface area contributed by atoms with Crippen molar-refractivity contribution >= 4 is 27.3 Å². The molecule has 0 spiro atoms. The number of nitrogens with one attached hydrogen (secondary N) is 5. The Morgan fingerprint density at radius 3 is 2.34 bits per heavy atom. The number of benzene rings is 3. The predicted octanol–water partition coefficient (Wildman–Crippen LogP) is 3.06. The van der Waals surface area contributed by atoms with Crippen LogP contribution in [0.2, 0.25) is 5.02 Å². The van der Waals surface area contributed by atoms with Gasteiger partial charge in [-0.2, -0.15) is 11.1 Å². The number of rotatable bonds is 5. The first-order chi connectivity index (χ1) is 13.9. The molecule has 0 radical (unpaired) electrons. The van der Waals surface area contributed by atoms with E-state index in [0.29, 0.717) is 16.1 Å². The van der Waals surface area contributed by atoms with E-state index in [9.17, 15) is 12.8 Å². The van der Waals surface area contributed by atoms with Crippen molar-refractivity contribution in [3.05, 3.63) is 83.1 Å². The molecule has 0 aromatic heterocycles. The fourth-order valence-corrected chi connectivity index (χ4v) is 4.26. The van der Waals surface area contributed by atoms with Crippen molar-refractivity contribution in [2.75, 3.05) is 4.72 Å². The molecule has 1 saturated heterocycles. The fraction of sp³-hybridized carbons (Fsp3) is 0.0526. The molecule has 0 aliphatic carbocycles. The molecule has 4 rings (SSSR count). The summed E-state index contributed by atoms with van der Waals surface area (Å²) in [5.41, 5.74) is 12.9. The first-order valence-corrected chi connectivity index (χ1v) is 10.5. The maximum Gasteiger partial charge on any atom is 0.261 e. The largest absolute Gasteiger partial charge is 0.277 e. The van der Waals surface area contributed by atoms with Crippen LogP contribution in [0.5, 0.6) is 0 Å². The highest BCUT2D eigenvalue weighted by atomic mass is 35.5. The number of halogens is 2. The number of hydrogen-bond acceptors (Lipinski definition) is 6. The standard InChI is InChI=1S/C19H17ClFN5O2S/c20-16-8-7-14(11-15(16)19-22-25-26-23-19)29(27,28)24-18-10-13(6-9-17(18)21)12-4-2-1-3-5-12/h1-11,19,22-26H. The number of hydrazine groups is 3. The highest BCUT2D eigenvalue weighted by Gasteiger charge is 2.23. The van der Waals surface area contributed by atoms with E-state index in [2.05, 4.69) is 26.6 Å². The topological polar surface area (TPSA) is 94.3 Å². The quantitative estimate of drug-likeness (QED) is 0.424. The third-order valence-corrected chi connectivity index (χ3v) is 6.11. The van der Waals surface area contributed by atoms with Crippen molar-refractivity contribution in [3.63, 3.8) is 0 Å². The van der Waals surface area contributed by atoms with Crippen LogP contribution in [-0.2, 0) is 10.0 Å². The third-order valence-electron chi connectivity index (χ3n) is 4.40. The van der Waals surface area contributed by atoms with Crippen LogP contribution in [0.15, 0.2) is 71.6 Å². The van der Waals surface area contributed by atoms with Gasteiger partial charge in [0.25, 0.3) is 10.0 Å². The van der Waals surface area contributed by atoms with E-state index < -0.39 is 22.0 Å². The Kier molecular flexibility index (Phi) is 5.50. The molecule has 0 atom stereocenters. The summed E-state index contributed by atoms with van der Waals surface area (Å²) in [5, 5.41) is 0.372. The average molecular weight is 434 g/mol. The maximum absolute atomic E-state index is 14.3. The second kappa shape index (κ2) is 8.07. The van der Waals surface area contributed by atoms with Crippen molar-refractivity contribution in [3.8, 4) is 11.1 Å². The van der Waals surface area contributed by atoms with Crippen molar-refractivity contribution in [2.45, 2.75) is 11.1 Å². The van der Waals surface area contributed by atoms with E-state index in [1.807, 2.05) is 30.3 Å². The Balaban J connectivity index is 1.66. The van der Waals surface area contributed by atoms with E-state index in [0.717, 1.165) is 5.56 Å². The normalized spacial score (nSPS) is 14.8. The zero-order valence-electron chi connectivity index (χ0n) is 14.9. The fourth-order valence-electron chi connectivity index (χ4n) is 2.94. The minimum atomic E-state index is -4.05. The molecule has 1 aliphatic rings. The highest BCUT2D eigenvalue weighted by molar-refractivity contribution is 7.92. The van der Waals surface area contributed by atoms with Gasteiger partial charge in [-0.3, -0.25) is 4.72 Å². The van der Waals surface area contributed by atoms with Crippen LogP contribution in [0.3, 0.4) is 0 Å². The summed E-state index contributed by atoms with van der Waals surface area (Å²) in [6.07, 6.45) is -0.448. The molecular weight excluding hydrogens is 417 g/mol. The second-order valence-electron chi connectivity index (χ2n) is 6.32. The molecule has 1 heterocycles. The summed E-state index contributed by atoms with van der Waals surface area (Å²) >= 11 is 6.19. The number of hydrogen-bond donors (Lipinski definition) is 5. The Labute approximate surface area is 172 Å². The molecule has 0 bridgehead atoms. The molecule has 0 unspecified atom stereocenters. The zero-order valence-corrected chi connectivity index (χ0v) is 16.5. The molecule has 29 heavy (non-hydrogen) atoms. The van der Waals surface area contributed by atoms with Crippen LogP contribution < -0.4 is 26.6 Å². The third kappa shape index (κ3) is 4.25. The summed E-state index contributed by atoms with van der Waals surface area (Å²) in [6.45, 7) is 0. The van der Waals surface area contributed by atoms with Gasteiger partial charge in [-0.25, -0.2) is 23.7 Å². The van der Waals surface area contributed by atoms with Gasteiger partial charge in [0.1, 0.15) is 12.0 Å². The molecule has 10 heteroatoms. The van der Waals surface area contributed by atoms with E-state index in [4.69, 9.17) is 11.6 Å². The first kappa shape index (κ1) is 19.8. The van der Waals surface area contributed by atoms with Gasteiger partial charge in [0.2, 0.25) is 0 Å². The lowest BCUT2D eigenvalue weighted by Gasteiger charge is -2.15. The lowest BCUT2D eigenvalue weighted by atomic mass is 10.1. The molecular formula is C19H17ClFN5O2S. The van der Waals surface area contributed by atoms with Gasteiger partial charge in [-0.05, 0) is 41.5 Å². The summed E-state index contributed by atoms with van der Waals surface area (Å²) in [7, 11) is -4.05. The van der Waals surface area contributed by atoms with E-state index >= 15 is 0 Å². The predicted molar refractivity (Wildman–Crippen MR) is 109 cm³/mol. The Morgan fingerprint density at radius 2 is 1.62 bits per heavy atom. The minimum absolute atomic E-state index is 0.0445. The second-order valence-corrected chi connectivity index (χ2v) is 8.41. The van der Waals surface area contributed by atoms with Gasteiger partial charge in [-0.1, -0.05) is 48.0 Å². The van der Waals surface area contributed by atoms with E-state index in [1.54, 1.807) is 6.07 Å². The molecule has 0 amide bonds. The summed E-state index contributed by atoms with van der Waals surface area (Å²) in [6, 6.07) is 17.9. The summed E-state index contributed by atoms with van der Waals surface area (Å²) in [4.78, 5) is -0.0445. The molecule has 1 aliphatic heterocycles. The minimum Gasteiger partial charge on any atom is -0.277 e. The molecule has 3 aromatic rings. The van der Waals surface area contributed by atoms with Gasteiger partial charge in [-0.15, -0.1) is 0 Å². The Hall–Kier alpha value is -2.53. The van der Waals surface area contributed by atoms with Gasteiger partial charge < -0.3 is 0 Å². The Morgan fingerprint density at radius 1 is 0.897 bits per heavy atom. The molecule has 7 nitrogen and oxygen atoms in total. The molecule has 3 aromatic carbocycles. The van der Waals surface area contributed by atoms with Crippen LogP contribution >= 0.6 is 11.6 Å².